The van der Waals surface area contributed by atoms with Crippen molar-refractivity contribution < 1.29 is 18.7 Å². The van der Waals surface area contributed by atoms with Crippen LogP contribution in [-0.2, 0) is 9.59 Å². The highest BCUT2D eigenvalue weighted by molar-refractivity contribution is 5.89. The van der Waals surface area contributed by atoms with Crippen LogP contribution in [0.2, 0.25) is 0 Å². The Bertz CT molecular complexity index is 550. The van der Waals surface area contributed by atoms with Crippen molar-refractivity contribution in [3.05, 3.63) is 30.1 Å². The predicted molar refractivity (Wildman–Crippen MR) is 79.9 cm³/mol. The van der Waals surface area contributed by atoms with Crippen molar-refractivity contribution in [3.8, 4) is 5.75 Å². The number of hydrogen-bond acceptors (Lipinski definition) is 3. The molecule has 22 heavy (non-hydrogen) atoms. The Balaban J connectivity index is 1.85. The van der Waals surface area contributed by atoms with E-state index in [0.717, 1.165) is 0 Å². The highest BCUT2D eigenvalue weighted by atomic mass is 19.1. The summed E-state index contributed by atoms with van der Waals surface area (Å²) < 4.78 is 19.1. The zero-order valence-electron chi connectivity index (χ0n) is 12.8. The predicted octanol–water partition coefficient (Wildman–Crippen LogP) is 1.58. The standard InChI is InChI=1S/C16H21FN2O3/c1-3-12(22-14-7-5-4-6-13(14)17)9-18-16(21)11-8-15(20)19(2)10-11/h4-7,11-12H,3,8-10H2,1-2H3,(H,18,21)/t11-,12+/m0/s1. The molecule has 1 aromatic rings. The fraction of sp³-hybridized carbons (Fsp3) is 0.500. The van der Waals surface area contributed by atoms with Crippen LogP contribution < -0.4 is 10.1 Å². The summed E-state index contributed by atoms with van der Waals surface area (Å²) in [4.78, 5) is 25.1. The lowest BCUT2D eigenvalue weighted by atomic mass is 10.1. The number of likely N-dealkylation sites (tertiary alicyclic amines) is 1. The Morgan fingerprint density at radius 2 is 2.23 bits per heavy atom. The van der Waals surface area contributed by atoms with E-state index in [9.17, 15) is 14.0 Å². The second-order valence-electron chi connectivity index (χ2n) is 5.50. The molecule has 6 heteroatoms. The number of amides is 2. The van der Waals surface area contributed by atoms with Gasteiger partial charge < -0.3 is 15.0 Å². The van der Waals surface area contributed by atoms with Crippen molar-refractivity contribution in [2.24, 2.45) is 5.92 Å². The Morgan fingerprint density at radius 1 is 1.50 bits per heavy atom. The van der Waals surface area contributed by atoms with E-state index < -0.39 is 5.82 Å². The monoisotopic (exact) mass is 308 g/mol. The largest absolute Gasteiger partial charge is 0.486 e. The third kappa shape index (κ3) is 3.96. The number of nitrogens with zero attached hydrogens (tertiary/aromatic N) is 1. The van der Waals surface area contributed by atoms with Gasteiger partial charge in [-0.05, 0) is 18.6 Å². The topological polar surface area (TPSA) is 58.6 Å². The van der Waals surface area contributed by atoms with E-state index in [1.165, 1.54) is 6.07 Å². The molecule has 1 aliphatic rings. The summed E-state index contributed by atoms with van der Waals surface area (Å²) in [5.41, 5.74) is 0. The maximum Gasteiger partial charge on any atom is 0.225 e. The highest BCUT2D eigenvalue weighted by Crippen LogP contribution is 2.18. The molecule has 2 amide bonds. The number of carbonyl (C=O) groups excluding carboxylic acids is 2. The first kappa shape index (κ1) is 16.3. The van der Waals surface area contributed by atoms with E-state index in [4.69, 9.17) is 4.74 Å². The van der Waals surface area contributed by atoms with Crippen molar-refractivity contribution in [3.63, 3.8) is 0 Å². The van der Waals surface area contributed by atoms with Gasteiger partial charge in [0.05, 0.1) is 12.5 Å². The van der Waals surface area contributed by atoms with E-state index in [-0.39, 0.29) is 42.6 Å². The van der Waals surface area contributed by atoms with Crippen molar-refractivity contribution in [2.45, 2.75) is 25.9 Å². The van der Waals surface area contributed by atoms with E-state index in [1.807, 2.05) is 6.92 Å². The third-order valence-electron chi connectivity index (χ3n) is 3.80. The second kappa shape index (κ2) is 7.24. The number of halogens is 1. The minimum absolute atomic E-state index is 0.0187. The molecule has 1 N–H and O–H groups in total. The molecule has 0 radical (unpaired) electrons. The van der Waals surface area contributed by atoms with E-state index in [2.05, 4.69) is 5.32 Å². The fourth-order valence-electron chi connectivity index (χ4n) is 2.39. The molecule has 2 rings (SSSR count). The molecule has 0 bridgehead atoms. The van der Waals surface area contributed by atoms with Gasteiger partial charge in [-0.15, -0.1) is 0 Å². The lowest BCUT2D eigenvalue weighted by molar-refractivity contribution is -0.128. The van der Waals surface area contributed by atoms with Gasteiger partial charge in [-0.25, -0.2) is 4.39 Å². The van der Waals surface area contributed by atoms with Crippen LogP contribution in [0.25, 0.3) is 0 Å². The SMILES string of the molecule is CC[C@H](CNC(=O)[C@H]1CC(=O)N(C)C1)Oc1ccccc1F. The van der Waals surface area contributed by atoms with Crippen LogP contribution in [0.4, 0.5) is 4.39 Å². The lowest BCUT2D eigenvalue weighted by Gasteiger charge is -2.19. The summed E-state index contributed by atoms with van der Waals surface area (Å²) in [6, 6.07) is 6.19. The number of carbonyl (C=O) groups is 2. The van der Waals surface area contributed by atoms with E-state index >= 15 is 0 Å². The molecule has 1 heterocycles. The smallest absolute Gasteiger partial charge is 0.225 e. The molecular weight excluding hydrogens is 287 g/mol. The molecule has 120 valence electrons. The van der Waals surface area contributed by atoms with Crippen molar-refractivity contribution >= 4 is 11.8 Å². The zero-order chi connectivity index (χ0) is 16.1. The molecule has 2 atom stereocenters. The molecule has 0 unspecified atom stereocenters. The summed E-state index contributed by atoms with van der Waals surface area (Å²) in [6.07, 6.45) is 0.571. The van der Waals surface area contributed by atoms with Crippen molar-refractivity contribution in [2.75, 3.05) is 20.1 Å². The van der Waals surface area contributed by atoms with Gasteiger partial charge in [0.25, 0.3) is 0 Å². The van der Waals surface area contributed by atoms with Gasteiger partial charge in [0.1, 0.15) is 6.10 Å². The van der Waals surface area contributed by atoms with Gasteiger partial charge in [0, 0.05) is 20.0 Å². The molecule has 1 fully saturated rings. The van der Waals surface area contributed by atoms with Crippen molar-refractivity contribution in [1.29, 1.82) is 0 Å². The van der Waals surface area contributed by atoms with E-state index in [0.29, 0.717) is 13.0 Å². The van der Waals surface area contributed by atoms with Gasteiger partial charge in [0.15, 0.2) is 11.6 Å². The minimum Gasteiger partial charge on any atom is -0.486 e. The molecule has 0 spiro atoms. The zero-order valence-corrected chi connectivity index (χ0v) is 12.8. The van der Waals surface area contributed by atoms with E-state index in [1.54, 1.807) is 30.1 Å². The normalized spacial score (nSPS) is 19.1. The number of rotatable bonds is 6. The first-order valence-electron chi connectivity index (χ1n) is 7.44. The number of para-hydroxylation sites is 1. The lowest BCUT2D eigenvalue weighted by Crippen LogP contribution is -2.39. The third-order valence-corrected chi connectivity index (χ3v) is 3.80. The van der Waals surface area contributed by atoms with Crippen LogP contribution in [0.3, 0.4) is 0 Å². The molecule has 5 nitrogen and oxygen atoms in total. The van der Waals surface area contributed by atoms with Gasteiger partial charge in [-0.3, -0.25) is 9.59 Å². The molecule has 1 aliphatic heterocycles. The molecule has 0 saturated carbocycles. The van der Waals surface area contributed by atoms with Gasteiger partial charge >= 0.3 is 0 Å². The maximum absolute atomic E-state index is 13.6. The molecule has 1 aromatic carbocycles. The Hall–Kier alpha value is -2.11. The van der Waals surface area contributed by atoms with Crippen LogP contribution >= 0.6 is 0 Å². The summed E-state index contributed by atoms with van der Waals surface area (Å²) in [5, 5.41) is 2.79. The van der Waals surface area contributed by atoms with Gasteiger partial charge in [-0.1, -0.05) is 19.1 Å². The van der Waals surface area contributed by atoms with Crippen LogP contribution in [0, 0.1) is 11.7 Å². The Kier molecular flexibility index (Phi) is 5.35. The maximum atomic E-state index is 13.6. The Morgan fingerprint density at radius 3 is 2.82 bits per heavy atom. The minimum atomic E-state index is -0.421. The fourth-order valence-corrected chi connectivity index (χ4v) is 2.39. The van der Waals surface area contributed by atoms with Crippen molar-refractivity contribution in [1.82, 2.24) is 10.2 Å². The Labute approximate surface area is 129 Å². The van der Waals surface area contributed by atoms with Gasteiger partial charge in [-0.2, -0.15) is 0 Å². The van der Waals surface area contributed by atoms with Crippen LogP contribution in [0.1, 0.15) is 19.8 Å². The number of nitrogens with one attached hydrogen (secondary N) is 1. The molecule has 1 saturated heterocycles. The average Bonchev–Trinajstić information content (AvgIpc) is 2.84. The highest BCUT2D eigenvalue weighted by Gasteiger charge is 2.32. The quantitative estimate of drug-likeness (QED) is 0.868. The molecule has 0 aliphatic carbocycles. The molecule has 0 aromatic heterocycles. The van der Waals surface area contributed by atoms with Crippen LogP contribution in [0.15, 0.2) is 24.3 Å². The first-order valence-corrected chi connectivity index (χ1v) is 7.44. The van der Waals surface area contributed by atoms with Crippen LogP contribution in [0.5, 0.6) is 5.75 Å². The summed E-state index contributed by atoms with van der Waals surface area (Å²) >= 11 is 0. The number of hydrogen-bond donors (Lipinski definition) is 1. The summed E-state index contributed by atoms with van der Waals surface area (Å²) in [6.45, 7) is 2.64. The average molecular weight is 308 g/mol. The number of benzene rings is 1. The molecular formula is C16H21FN2O3. The summed E-state index contributed by atoms with van der Waals surface area (Å²) in [7, 11) is 1.69. The van der Waals surface area contributed by atoms with Crippen LogP contribution in [-0.4, -0.2) is 43.0 Å². The number of ether oxygens (including phenoxy) is 1. The van der Waals surface area contributed by atoms with Gasteiger partial charge in [0.2, 0.25) is 11.8 Å². The first-order chi connectivity index (χ1) is 10.5. The summed E-state index contributed by atoms with van der Waals surface area (Å²) in [5.74, 6) is -0.735. The second-order valence-corrected chi connectivity index (χ2v) is 5.50.